The topological polar surface area (TPSA) is 54.5 Å². The summed E-state index contributed by atoms with van der Waals surface area (Å²) in [7, 11) is 1.44. The summed E-state index contributed by atoms with van der Waals surface area (Å²) >= 11 is 17.8. The van der Waals surface area contributed by atoms with Crippen molar-refractivity contribution in [3.8, 4) is 0 Å². The molecule has 2 aromatic carbocycles. The summed E-state index contributed by atoms with van der Waals surface area (Å²) in [6, 6.07) is 11.4. The molecule has 0 radical (unpaired) electrons. The van der Waals surface area contributed by atoms with Gasteiger partial charge in [0.1, 0.15) is 5.15 Å². The molecular formula is C25H21Cl3F3N3O2. The Morgan fingerprint density at radius 2 is 1.83 bits per heavy atom. The largest absolute Gasteiger partial charge is 0.423 e. The number of hydroxylamine groups is 2. The van der Waals surface area contributed by atoms with Gasteiger partial charge in [-0.1, -0.05) is 53.0 Å². The Balaban J connectivity index is 1.57. The molecule has 0 bridgehead atoms. The lowest BCUT2D eigenvalue weighted by Crippen LogP contribution is -2.42. The van der Waals surface area contributed by atoms with Crippen molar-refractivity contribution in [2.75, 3.05) is 7.05 Å². The van der Waals surface area contributed by atoms with Crippen LogP contribution in [0.25, 0.3) is 0 Å². The van der Waals surface area contributed by atoms with Gasteiger partial charge >= 0.3 is 6.18 Å². The van der Waals surface area contributed by atoms with Crippen LogP contribution >= 0.6 is 34.8 Å². The Hall–Kier alpha value is -2.36. The number of alkyl halides is 3. The summed E-state index contributed by atoms with van der Waals surface area (Å²) < 4.78 is 43.3. The molecule has 1 aliphatic rings. The highest BCUT2D eigenvalue weighted by molar-refractivity contribution is 6.34. The van der Waals surface area contributed by atoms with E-state index in [4.69, 9.17) is 39.6 Å². The SMILES string of the molecule is Cc1cc(C2CC(c3cc(Cl)cc(Cl)c3)(C(F)(F)F)ON2C)ccc1C(=O)NCc1ccc(Cl)nc1. The standard InChI is InChI=1S/C25H21Cl3F3N3O2/c1-14-7-16(4-5-20(14)23(35)33-13-15-3-6-22(28)32-12-15)21-11-24(25(29,30)31,36-34(21)2)17-8-18(26)10-19(27)9-17/h3-10,12,21H,11,13H2,1-2H3,(H,33,35). The number of amides is 1. The predicted molar refractivity (Wildman–Crippen MR) is 132 cm³/mol. The smallest absolute Gasteiger partial charge is 0.348 e. The molecule has 2 unspecified atom stereocenters. The molecule has 1 amide bonds. The first-order valence-corrected chi connectivity index (χ1v) is 12.0. The predicted octanol–water partition coefficient (Wildman–Crippen LogP) is 7.05. The van der Waals surface area contributed by atoms with Gasteiger partial charge < -0.3 is 5.32 Å². The number of pyridine rings is 1. The Labute approximate surface area is 221 Å². The number of aryl methyl sites for hydroxylation is 1. The lowest BCUT2D eigenvalue weighted by molar-refractivity contribution is -0.322. The first-order chi connectivity index (χ1) is 16.9. The van der Waals surface area contributed by atoms with Crippen molar-refractivity contribution < 1.29 is 22.8 Å². The van der Waals surface area contributed by atoms with E-state index in [1.54, 1.807) is 43.5 Å². The van der Waals surface area contributed by atoms with E-state index in [1.165, 1.54) is 30.3 Å². The molecule has 36 heavy (non-hydrogen) atoms. The molecule has 1 fully saturated rings. The van der Waals surface area contributed by atoms with Crippen molar-refractivity contribution in [2.24, 2.45) is 0 Å². The molecule has 1 saturated heterocycles. The van der Waals surface area contributed by atoms with Gasteiger partial charge in [0.2, 0.25) is 5.60 Å². The third kappa shape index (κ3) is 5.33. The van der Waals surface area contributed by atoms with Crippen LogP contribution in [0.3, 0.4) is 0 Å². The highest BCUT2D eigenvalue weighted by atomic mass is 35.5. The van der Waals surface area contributed by atoms with Crippen molar-refractivity contribution >= 4 is 40.7 Å². The lowest BCUT2D eigenvalue weighted by Gasteiger charge is -2.31. The van der Waals surface area contributed by atoms with E-state index in [9.17, 15) is 18.0 Å². The maximum Gasteiger partial charge on any atom is 0.423 e. The molecule has 1 N–H and O–H groups in total. The zero-order valence-electron chi connectivity index (χ0n) is 19.2. The molecule has 0 aliphatic carbocycles. The van der Waals surface area contributed by atoms with Gasteiger partial charge in [-0.05, 0) is 59.5 Å². The van der Waals surface area contributed by atoms with E-state index in [2.05, 4.69) is 10.3 Å². The molecule has 4 rings (SSSR count). The van der Waals surface area contributed by atoms with Crippen molar-refractivity contribution in [2.45, 2.75) is 37.7 Å². The molecule has 11 heteroatoms. The number of nitrogens with one attached hydrogen (secondary N) is 1. The summed E-state index contributed by atoms with van der Waals surface area (Å²) in [5, 5.41) is 4.50. The number of nitrogens with zero attached hydrogens (tertiary/aromatic N) is 2. The molecule has 0 saturated carbocycles. The van der Waals surface area contributed by atoms with E-state index in [0.29, 0.717) is 21.8 Å². The highest BCUT2D eigenvalue weighted by Crippen LogP contribution is 2.54. The number of aromatic nitrogens is 1. The maximum atomic E-state index is 14.4. The van der Waals surface area contributed by atoms with Gasteiger partial charge in [0.15, 0.2) is 0 Å². The van der Waals surface area contributed by atoms with Crippen LogP contribution in [0.15, 0.2) is 54.7 Å². The van der Waals surface area contributed by atoms with E-state index >= 15 is 0 Å². The summed E-state index contributed by atoms with van der Waals surface area (Å²) in [4.78, 5) is 22.2. The van der Waals surface area contributed by atoms with Crippen LogP contribution in [0.1, 0.15) is 45.1 Å². The van der Waals surface area contributed by atoms with E-state index in [-0.39, 0.29) is 28.1 Å². The van der Waals surface area contributed by atoms with Crippen LogP contribution in [-0.2, 0) is 17.0 Å². The first kappa shape index (κ1) is 26.7. The van der Waals surface area contributed by atoms with Crippen LogP contribution in [-0.4, -0.2) is 29.2 Å². The molecule has 2 heterocycles. The number of hydrogen-bond donors (Lipinski definition) is 1. The van der Waals surface area contributed by atoms with E-state index in [1.807, 2.05) is 0 Å². The third-order valence-corrected chi connectivity index (χ3v) is 6.79. The zero-order valence-corrected chi connectivity index (χ0v) is 21.4. The molecule has 1 aliphatic heterocycles. The van der Waals surface area contributed by atoms with Crippen LogP contribution in [0.2, 0.25) is 15.2 Å². The number of benzene rings is 2. The summed E-state index contributed by atoms with van der Waals surface area (Å²) in [5.74, 6) is -0.316. The monoisotopic (exact) mass is 557 g/mol. The Morgan fingerprint density at radius 1 is 1.14 bits per heavy atom. The Kier molecular flexibility index (Phi) is 7.55. The molecule has 2 atom stereocenters. The van der Waals surface area contributed by atoms with Crippen molar-refractivity contribution in [3.63, 3.8) is 0 Å². The number of rotatable bonds is 5. The van der Waals surface area contributed by atoms with Gasteiger partial charge in [0.25, 0.3) is 5.91 Å². The number of hydrogen-bond acceptors (Lipinski definition) is 4. The van der Waals surface area contributed by atoms with Crippen LogP contribution < -0.4 is 5.32 Å². The molecule has 5 nitrogen and oxygen atoms in total. The summed E-state index contributed by atoms with van der Waals surface area (Å²) in [6.07, 6.45) is -3.60. The van der Waals surface area contributed by atoms with Crippen molar-refractivity contribution in [1.82, 2.24) is 15.4 Å². The highest BCUT2D eigenvalue weighted by Gasteiger charge is 2.63. The molecule has 3 aromatic rings. The van der Waals surface area contributed by atoms with Gasteiger partial charge in [-0.2, -0.15) is 18.2 Å². The van der Waals surface area contributed by atoms with Gasteiger partial charge in [0, 0.05) is 41.8 Å². The average molecular weight is 559 g/mol. The second-order valence-corrected chi connectivity index (χ2v) is 9.85. The third-order valence-electron chi connectivity index (χ3n) is 6.13. The van der Waals surface area contributed by atoms with Crippen LogP contribution in [0.5, 0.6) is 0 Å². The molecule has 0 spiro atoms. The minimum Gasteiger partial charge on any atom is -0.348 e. The maximum absolute atomic E-state index is 14.4. The lowest BCUT2D eigenvalue weighted by atomic mass is 9.85. The summed E-state index contributed by atoms with van der Waals surface area (Å²) in [5.41, 5.74) is -0.429. The van der Waals surface area contributed by atoms with Crippen LogP contribution in [0, 0.1) is 6.92 Å². The second kappa shape index (κ2) is 10.2. The minimum absolute atomic E-state index is 0.0800. The number of carbonyl (C=O) groups excluding carboxylic acids is 1. The second-order valence-electron chi connectivity index (χ2n) is 8.59. The molecule has 190 valence electrons. The normalized spacial score (nSPS) is 20.5. The van der Waals surface area contributed by atoms with Gasteiger partial charge in [-0.15, -0.1) is 0 Å². The first-order valence-electron chi connectivity index (χ1n) is 10.8. The van der Waals surface area contributed by atoms with E-state index < -0.39 is 24.2 Å². The van der Waals surface area contributed by atoms with Gasteiger partial charge in [-0.25, -0.2) is 4.98 Å². The van der Waals surface area contributed by atoms with Gasteiger partial charge in [-0.3, -0.25) is 9.63 Å². The fourth-order valence-corrected chi connectivity index (χ4v) is 4.94. The number of carbonyl (C=O) groups is 1. The summed E-state index contributed by atoms with van der Waals surface area (Å²) in [6.45, 7) is 1.98. The Bertz CT molecular complexity index is 1270. The zero-order chi connectivity index (χ0) is 26.3. The fraction of sp³-hybridized carbons (Fsp3) is 0.280. The molecular weight excluding hydrogens is 538 g/mol. The van der Waals surface area contributed by atoms with Crippen molar-refractivity contribution in [1.29, 1.82) is 0 Å². The quantitative estimate of drug-likeness (QED) is 0.341. The number of halogens is 6. The van der Waals surface area contributed by atoms with E-state index in [0.717, 1.165) is 5.56 Å². The molecule has 1 aromatic heterocycles. The Morgan fingerprint density at radius 3 is 2.42 bits per heavy atom. The van der Waals surface area contributed by atoms with Crippen molar-refractivity contribution in [3.05, 3.63) is 97.7 Å². The van der Waals surface area contributed by atoms with Gasteiger partial charge in [0.05, 0.1) is 6.04 Å². The minimum atomic E-state index is -4.74. The average Bonchev–Trinajstić information content (AvgIpc) is 3.16. The van der Waals surface area contributed by atoms with Crippen LogP contribution in [0.4, 0.5) is 13.2 Å². The fourth-order valence-electron chi connectivity index (χ4n) is 4.30.